The van der Waals surface area contributed by atoms with Crippen LogP contribution in [0.3, 0.4) is 0 Å². The van der Waals surface area contributed by atoms with Crippen LogP contribution in [0, 0.1) is 16.0 Å². The van der Waals surface area contributed by atoms with E-state index in [0.29, 0.717) is 17.7 Å². The fourth-order valence-corrected chi connectivity index (χ4v) is 4.87. The molecule has 1 fully saturated rings. The first-order chi connectivity index (χ1) is 13.9. The van der Waals surface area contributed by atoms with Crippen LogP contribution in [0.4, 0.5) is 11.4 Å². The summed E-state index contributed by atoms with van der Waals surface area (Å²) in [4.78, 5) is 28.0. The molecule has 29 heavy (non-hydrogen) atoms. The summed E-state index contributed by atoms with van der Waals surface area (Å²) in [5.41, 5.74) is 10.7. The maximum Gasteiger partial charge on any atom is 0.271 e. The minimum Gasteiger partial charge on any atom is -0.392 e. The van der Waals surface area contributed by atoms with Gasteiger partial charge >= 0.3 is 0 Å². The molecule has 1 N–H and O–H groups in total. The van der Waals surface area contributed by atoms with Gasteiger partial charge in [0, 0.05) is 29.9 Å². The first-order valence-corrected chi connectivity index (χ1v) is 9.29. The number of nitrogens with zero attached hydrogens (tertiary/aromatic N) is 5. The third kappa shape index (κ3) is 3.00. The molecular weight excluding hydrogens is 374 g/mol. The average molecular weight is 393 g/mol. The van der Waals surface area contributed by atoms with Crippen LogP contribution in [0.25, 0.3) is 10.4 Å². The number of azide groups is 1. The predicted octanol–water partition coefficient (Wildman–Crippen LogP) is 3.85. The van der Waals surface area contributed by atoms with Crippen molar-refractivity contribution in [2.75, 3.05) is 4.90 Å². The summed E-state index contributed by atoms with van der Waals surface area (Å²) in [6.07, 6.45) is -0.522. The molecule has 4 rings (SSSR count). The van der Waals surface area contributed by atoms with Gasteiger partial charge in [0.2, 0.25) is 5.91 Å². The minimum atomic E-state index is -0.934. The normalized spacial score (nSPS) is 27.5. The van der Waals surface area contributed by atoms with Crippen LogP contribution < -0.4 is 4.90 Å². The van der Waals surface area contributed by atoms with Crippen molar-refractivity contribution in [1.29, 1.82) is 0 Å². The van der Waals surface area contributed by atoms with E-state index in [2.05, 4.69) is 10.0 Å². The highest BCUT2D eigenvalue weighted by Crippen LogP contribution is 2.56. The van der Waals surface area contributed by atoms with Gasteiger partial charge in [-0.1, -0.05) is 35.4 Å². The van der Waals surface area contributed by atoms with Gasteiger partial charge < -0.3 is 10.0 Å². The van der Waals surface area contributed by atoms with Crippen LogP contribution in [0.5, 0.6) is 0 Å². The van der Waals surface area contributed by atoms with Crippen molar-refractivity contribution in [2.45, 2.75) is 37.5 Å². The molecule has 0 aromatic heterocycles. The Balaban J connectivity index is 1.96. The second-order valence-electron chi connectivity index (χ2n) is 7.43. The summed E-state index contributed by atoms with van der Waals surface area (Å²) in [6, 6.07) is 12.7. The number of benzene rings is 2. The quantitative estimate of drug-likeness (QED) is 0.279. The van der Waals surface area contributed by atoms with Crippen LogP contribution >= 0.6 is 0 Å². The second kappa shape index (κ2) is 7.20. The molecule has 2 aromatic rings. The fourth-order valence-electron chi connectivity index (χ4n) is 4.87. The lowest BCUT2D eigenvalue weighted by Crippen LogP contribution is -2.43. The van der Waals surface area contributed by atoms with E-state index < -0.39 is 29.0 Å². The molecule has 1 saturated carbocycles. The molecular formula is C20H19N5O4. The van der Waals surface area contributed by atoms with Crippen molar-refractivity contribution in [2.24, 2.45) is 11.0 Å². The first kappa shape index (κ1) is 18.9. The minimum absolute atomic E-state index is 0.126. The number of rotatable bonds is 3. The van der Waals surface area contributed by atoms with E-state index in [1.807, 2.05) is 30.3 Å². The van der Waals surface area contributed by atoms with E-state index in [-0.39, 0.29) is 17.5 Å². The number of carbonyl (C=O) groups excluding carboxylic acids is 1. The van der Waals surface area contributed by atoms with Gasteiger partial charge in [-0.2, -0.15) is 0 Å². The highest BCUT2D eigenvalue weighted by atomic mass is 16.6. The number of hydrogen-bond donors (Lipinski definition) is 1. The SMILES string of the molecule is CC(=O)N1c2cc([N+](=O)[O-])ccc2[C@@H]2[C@@H](CC(N=[N+]=[N-])[C@@H]2O)[C@H]1c1ccccc1. The van der Waals surface area contributed by atoms with Crippen LogP contribution in [0.1, 0.15) is 36.4 Å². The topological polar surface area (TPSA) is 132 Å². The average Bonchev–Trinajstić information content (AvgIpc) is 3.03. The molecule has 9 heteroatoms. The van der Waals surface area contributed by atoms with Crippen molar-refractivity contribution in [3.8, 4) is 0 Å². The molecule has 0 radical (unpaired) electrons. The van der Waals surface area contributed by atoms with Gasteiger partial charge in [-0.25, -0.2) is 0 Å². The van der Waals surface area contributed by atoms with Gasteiger partial charge in [0.25, 0.3) is 5.69 Å². The lowest BCUT2D eigenvalue weighted by Gasteiger charge is -2.44. The molecule has 1 aliphatic heterocycles. The van der Waals surface area contributed by atoms with Crippen LogP contribution in [-0.2, 0) is 4.79 Å². The van der Waals surface area contributed by atoms with Crippen molar-refractivity contribution in [3.05, 3.63) is 80.2 Å². The van der Waals surface area contributed by atoms with E-state index in [9.17, 15) is 20.0 Å². The molecule has 2 aromatic carbocycles. The smallest absolute Gasteiger partial charge is 0.271 e. The highest BCUT2D eigenvalue weighted by Gasteiger charge is 2.53. The van der Waals surface area contributed by atoms with E-state index in [1.54, 1.807) is 11.0 Å². The molecule has 1 unspecified atom stereocenters. The van der Waals surface area contributed by atoms with Gasteiger partial charge in [0.15, 0.2) is 0 Å². The van der Waals surface area contributed by atoms with Gasteiger partial charge in [0.1, 0.15) is 0 Å². The van der Waals surface area contributed by atoms with Crippen molar-refractivity contribution >= 4 is 17.3 Å². The molecule has 2 aliphatic rings. The zero-order valence-electron chi connectivity index (χ0n) is 15.6. The molecule has 5 atom stereocenters. The predicted molar refractivity (Wildman–Crippen MR) is 105 cm³/mol. The standard InChI is InChI=1S/C20H19N5O4/c1-11(26)24-17-9-13(25(28)29)7-8-14(17)18-15(10-16(20(18)27)22-23-21)19(24)12-5-3-2-4-6-12/h2-9,15-16,18-20,27H,10H2,1H3/t15-,16?,18-,19-,20+/m1/s1. The molecule has 148 valence electrons. The van der Waals surface area contributed by atoms with Crippen molar-refractivity contribution < 1.29 is 14.8 Å². The number of aliphatic hydroxyl groups excluding tert-OH is 1. The Morgan fingerprint density at radius 3 is 2.66 bits per heavy atom. The fraction of sp³-hybridized carbons (Fsp3) is 0.350. The third-order valence-corrected chi connectivity index (χ3v) is 5.94. The van der Waals surface area contributed by atoms with Gasteiger partial charge in [0.05, 0.1) is 28.8 Å². The number of nitro groups is 1. The van der Waals surface area contributed by atoms with E-state index in [0.717, 1.165) is 5.56 Å². The van der Waals surface area contributed by atoms with Gasteiger partial charge in [-0.15, -0.1) is 0 Å². The van der Waals surface area contributed by atoms with Crippen LogP contribution in [-0.4, -0.2) is 28.1 Å². The number of anilines is 1. The monoisotopic (exact) mass is 393 g/mol. The zero-order chi connectivity index (χ0) is 20.7. The number of non-ortho nitro benzene ring substituents is 1. The van der Waals surface area contributed by atoms with Crippen molar-refractivity contribution in [1.82, 2.24) is 0 Å². The molecule has 0 spiro atoms. The number of aliphatic hydroxyl groups is 1. The van der Waals surface area contributed by atoms with Crippen LogP contribution in [0.15, 0.2) is 53.6 Å². The summed E-state index contributed by atoms with van der Waals surface area (Å²) < 4.78 is 0. The summed E-state index contributed by atoms with van der Waals surface area (Å²) in [5, 5.41) is 26.0. The van der Waals surface area contributed by atoms with Gasteiger partial charge in [-0.3, -0.25) is 14.9 Å². The Morgan fingerprint density at radius 1 is 1.31 bits per heavy atom. The first-order valence-electron chi connectivity index (χ1n) is 9.29. The van der Waals surface area contributed by atoms with E-state index >= 15 is 0 Å². The number of amides is 1. The third-order valence-electron chi connectivity index (χ3n) is 5.94. The lowest BCUT2D eigenvalue weighted by molar-refractivity contribution is -0.384. The zero-order valence-corrected chi connectivity index (χ0v) is 15.6. The maximum atomic E-state index is 12.7. The number of fused-ring (bicyclic) bond motifs is 3. The summed E-state index contributed by atoms with van der Waals surface area (Å²) >= 11 is 0. The summed E-state index contributed by atoms with van der Waals surface area (Å²) in [6.45, 7) is 1.43. The second-order valence-corrected chi connectivity index (χ2v) is 7.43. The Morgan fingerprint density at radius 2 is 2.03 bits per heavy atom. The van der Waals surface area contributed by atoms with E-state index in [1.165, 1.54) is 19.1 Å². The van der Waals surface area contributed by atoms with Gasteiger partial charge in [-0.05, 0) is 35.1 Å². The van der Waals surface area contributed by atoms with Crippen molar-refractivity contribution in [3.63, 3.8) is 0 Å². The molecule has 1 heterocycles. The Bertz CT molecular complexity index is 1020. The summed E-state index contributed by atoms with van der Waals surface area (Å²) in [5.74, 6) is -0.844. The molecule has 9 nitrogen and oxygen atoms in total. The number of hydrogen-bond acceptors (Lipinski definition) is 5. The Hall–Kier alpha value is -3.42. The Kier molecular flexibility index (Phi) is 4.70. The number of nitro benzene ring substituents is 1. The Labute approximate surface area is 166 Å². The summed E-state index contributed by atoms with van der Waals surface area (Å²) in [7, 11) is 0. The van der Waals surface area contributed by atoms with Crippen LogP contribution in [0.2, 0.25) is 0 Å². The number of carbonyl (C=O) groups is 1. The molecule has 1 aliphatic carbocycles. The maximum absolute atomic E-state index is 12.7. The molecule has 0 saturated heterocycles. The largest absolute Gasteiger partial charge is 0.392 e. The molecule has 1 amide bonds. The van der Waals surface area contributed by atoms with E-state index in [4.69, 9.17) is 5.53 Å². The highest BCUT2D eigenvalue weighted by molar-refractivity contribution is 5.94. The lowest BCUT2D eigenvalue weighted by atomic mass is 9.75. The molecule has 0 bridgehead atoms.